The van der Waals surface area contributed by atoms with Crippen LogP contribution in [0, 0.1) is 0 Å². The van der Waals surface area contributed by atoms with Crippen molar-refractivity contribution in [2.24, 2.45) is 0 Å². The molecule has 1 heterocycles. The third kappa shape index (κ3) is 2.96. The van der Waals surface area contributed by atoms with Crippen LogP contribution in [0.2, 0.25) is 0 Å². The number of ether oxygens (including phenoxy) is 3. The van der Waals surface area contributed by atoms with Crippen molar-refractivity contribution in [1.82, 2.24) is 0 Å². The lowest BCUT2D eigenvalue weighted by molar-refractivity contribution is -0.118. The number of hydrogen-bond donors (Lipinski definition) is 2. The third-order valence-corrected chi connectivity index (χ3v) is 3.54. The van der Waals surface area contributed by atoms with Gasteiger partial charge in [0.15, 0.2) is 12.4 Å². The van der Waals surface area contributed by atoms with Crippen LogP contribution in [0.4, 0.5) is 11.4 Å². The Morgan fingerprint density at radius 2 is 2.04 bits per heavy atom. The summed E-state index contributed by atoms with van der Waals surface area (Å²) < 4.78 is 15.8. The molecule has 7 heteroatoms. The van der Waals surface area contributed by atoms with Gasteiger partial charge in [-0.05, 0) is 24.3 Å². The number of rotatable bonds is 4. The summed E-state index contributed by atoms with van der Waals surface area (Å²) in [6.07, 6.45) is 0. The van der Waals surface area contributed by atoms with Crippen molar-refractivity contribution in [1.29, 1.82) is 0 Å². The van der Waals surface area contributed by atoms with Crippen molar-refractivity contribution in [3.05, 3.63) is 42.0 Å². The van der Waals surface area contributed by atoms with Gasteiger partial charge in [0.05, 0.1) is 31.2 Å². The van der Waals surface area contributed by atoms with Gasteiger partial charge in [-0.3, -0.25) is 9.59 Å². The number of amides is 2. The number of carbonyl (C=O) groups is 2. The van der Waals surface area contributed by atoms with Crippen LogP contribution >= 0.6 is 0 Å². The van der Waals surface area contributed by atoms with E-state index in [0.717, 1.165) is 0 Å². The van der Waals surface area contributed by atoms with Gasteiger partial charge in [-0.1, -0.05) is 6.07 Å². The normalized spacial score (nSPS) is 12.5. The first-order chi connectivity index (χ1) is 11.6. The summed E-state index contributed by atoms with van der Waals surface area (Å²) in [6, 6.07) is 10.1. The van der Waals surface area contributed by atoms with Gasteiger partial charge in [-0.25, -0.2) is 0 Å². The molecule has 0 aliphatic carbocycles. The van der Waals surface area contributed by atoms with Gasteiger partial charge in [0, 0.05) is 6.07 Å². The summed E-state index contributed by atoms with van der Waals surface area (Å²) in [4.78, 5) is 24.0. The Labute approximate surface area is 138 Å². The zero-order valence-corrected chi connectivity index (χ0v) is 13.2. The first-order valence-electron chi connectivity index (χ1n) is 7.21. The highest BCUT2D eigenvalue weighted by atomic mass is 16.5. The summed E-state index contributed by atoms with van der Waals surface area (Å²) in [5.74, 6) is 0.820. The van der Waals surface area contributed by atoms with Gasteiger partial charge in [-0.15, -0.1) is 0 Å². The standard InChI is InChI=1S/C17H16N2O5/c1-22-10-6-7-12(14(8-10)23-2)19-17(21)11-4-3-5-13-16(11)24-9-15(20)18-13/h3-8H,9H2,1-2H3,(H,18,20)(H,19,21). The lowest BCUT2D eigenvalue weighted by atomic mass is 10.1. The lowest BCUT2D eigenvalue weighted by Crippen LogP contribution is -2.27. The zero-order chi connectivity index (χ0) is 17.1. The number of benzene rings is 2. The Hall–Kier alpha value is -3.22. The van der Waals surface area contributed by atoms with Gasteiger partial charge in [0.25, 0.3) is 11.8 Å². The number of carbonyl (C=O) groups excluding carboxylic acids is 2. The fourth-order valence-corrected chi connectivity index (χ4v) is 2.39. The maximum absolute atomic E-state index is 12.6. The van der Waals surface area contributed by atoms with Gasteiger partial charge < -0.3 is 24.8 Å². The quantitative estimate of drug-likeness (QED) is 0.899. The minimum absolute atomic E-state index is 0.122. The summed E-state index contributed by atoms with van der Waals surface area (Å²) in [5, 5.41) is 5.45. The summed E-state index contributed by atoms with van der Waals surface area (Å²) in [7, 11) is 3.06. The van der Waals surface area contributed by atoms with E-state index in [9.17, 15) is 9.59 Å². The lowest BCUT2D eigenvalue weighted by Gasteiger charge is -2.20. The number of methoxy groups -OCH3 is 2. The molecule has 1 aliphatic heterocycles. The molecule has 0 spiro atoms. The average molecular weight is 328 g/mol. The van der Waals surface area contributed by atoms with Crippen LogP contribution < -0.4 is 24.8 Å². The minimum Gasteiger partial charge on any atom is -0.497 e. The Balaban J connectivity index is 1.89. The molecule has 2 aromatic carbocycles. The number of fused-ring (bicyclic) bond motifs is 1. The molecule has 124 valence electrons. The SMILES string of the molecule is COc1ccc(NC(=O)c2cccc3c2OCC(=O)N3)c(OC)c1. The van der Waals surface area contributed by atoms with Crippen LogP contribution in [0.1, 0.15) is 10.4 Å². The van der Waals surface area contributed by atoms with E-state index in [-0.39, 0.29) is 18.4 Å². The van der Waals surface area contributed by atoms with Gasteiger partial charge in [0.1, 0.15) is 11.5 Å². The van der Waals surface area contributed by atoms with Crippen LogP contribution in [-0.4, -0.2) is 32.6 Å². The second kappa shape index (κ2) is 6.49. The zero-order valence-electron chi connectivity index (χ0n) is 13.2. The Morgan fingerprint density at radius 1 is 1.21 bits per heavy atom. The molecule has 0 radical (unpaired) electrons. The van der Waals surface area contributed by atoms with Crippen LogP contribution in [0.5, 0.6) is 17.2 Å². The molecule has 1 aliphatic rings. The second-order valence-electron chi connectivity index (χ2n) is 5.04. The van der Waals surface area contributed by atoms with Crippen molar-refractivity contribution < 1.29 is 23.8 Å². The predicted octanol–water partition coefficient (Wildman–Crippen LogP) is 2.29. The van der Waals surface area contributed by atoms with E-state index < -0.39 is 0 Å². The largest absolute Gasteiger partial charge is 0.497 e. The number of hydrogen-bond acceptors (Lipinski definition) is 5. The van der Waals surface area contributed by atoms with Crippen LogP contribution in [0.3, 0.4) is 0 Å². The monoisotopic (exact) mass is 328 g/mol. The van der Waals surface area contributed by atoms with Crippen molar-refractivity contribution in [3.63, 3.8) is 0 Å². The molecule has 0 saturated carbocycles. The van der Waals surface area contributed by atoms with E-state index in [1.165, 1.54) is 7.11 Å². The van der Waals surface area contributed by atoms with Gasteiger partial charge in [0.2, 0.25) is 0 Å². The topological polar surface area (TPSA) is 85.9 Å². The molecule has 2 N–H and O–H groups in total. The highest BCUT2D eigenvalue weighted by Crippen LogP contribution is 2.34. The number of nitrogens with one attached hydrogen (secondary N) is 2. The van der Waals surface area contributed by atoms with E-state index in [1.54, 1.807) is 43.5 Å². The van der Waals surface area contributed by atoms with Crippen molar-refractivity contribution in [3.8, 4) is 17.2 Å². The van der Waals surface area contributed by atoms with Crippen molar-refractivity contribution >= 4 is 23.2 Å². The first kappa shape index (κ1) is 15.7. The predicted molar refractivity (Wildman–Crippen MR) is 88.1 cm³/mol. The summed E-state index contributed by atoms with van der Waals surface area (Å²) in [5.41, 5.74) is 1.30. The van der Waals surface area contributed by atoms with Crippen molar-refractivity contribution in [2.75, 3.05) is 31.5 Å². The molecule has 0 saturated heterocycles. The maximum atomic E-state index is 12.6. The molecular weight excluding hydrogens is 312 g/mol. The van der Waals surface area contributed by atoms with Crippen LogP contribution in [0.15, 0.2) is 36.4 Å². The molecule has 0 aromatic heterocycles. The number of anilines is 2. The molecule has 0 bridgehead atoms. The maximum Gasteiger partial charge on any atom is 0.262 e. The molecular formula is C17H16N2O5. The molecule has 3 rings (SSSR count). The van der Waals surface area contributed by atoms with Gasteiger partial charge >= 0.3 is 0 Å². The Kier molecular flexibility index (Phi) is 4.24. The Morgan fingerprint density at radius 3 is 2.79 bits per heavy atom. The first-order valence-corrected chi connectivity index (χ1v) is 7.21. The minimum atomic E-state index is -0.369. The molecule has 2 aromatic rings. The molecule has 0 fully saturated rings. The van der Waals surface area contributed by atoms with E-state index in [2.05, 4.69) is 10.6 Å². The summed E-state index contributed by atoms with van der Waals surface area (Å²) >= 11 is 0. The molecule has 7 nitrogen and oxygen atoms in total. The third-order valence-electron chi connectivity index (χ3n) is 3.54. The highest BCUT2D eigenvalue weighted by molar-refractivity contribution is 6.09. The summed E-state index contributed by atoms with van der Waals surface area (Å²) in [6.45, 7) is -0.122. The number of para-hydroxylation sites is 1. The fraction of sp³-hybridized carbons (Fsp3) is 0.176. The second-order valence-corrected chi connectivity index (χ2v) is 5.04. The fourth-order valence-electron chi connectivity index (χ4n) is 2.39. The smallest absolute Gasteiger partial charge is 0.262 e. The van der Waals surface area contributed by atoms with E-state index in [4.69, 9.17) is 14.2 Å². The molecule has 2 amide bonds. The van der Waals surface area contributed by atoms with E-state index in [0.29, 0.717) is 34.2 Å². The molecule has 0 unspecified atom stereocenters. The highest BCUT2D eigenvalue weighted by Gasteiger charge is 2.23. The average Bonchev–Trinajstić information content (AvgIpc) is 2.61. The van der Waals surface area contributed by atoms with Crippen molar-refractivity contribution in [2.45, 2.75) is 0 Å². The Bertz CT molecular complexity index is 804. The molecule has 0 atom stereocenters. The van der Waals surface area contributed by atoms with Gasteiger partial charge in [-0.2, -0.15) is 0 Å². The van der Waals surface area contributed by atoms with Crippen LogP contribution in [0.25, 0.3) is 0 Å². The van der Waals surface area contributed by atoms with Crippen LogP contribution in [-0.2, 0) is 4.79 Å². The van der Waals surface area contributed by atoms with E-state index in [1.807, 2.05) is 0 Å². The van der Waals surface area contributed by atoms with E-state index >= 15 is 0 Å². The molecule has 24 heavy (non-hydrogen) atoms.